The van der Waals surface area contributed by atoms with Gasteiger partial charge in [0.1, 0.15) is 5.57 Å². The number of aryl methyl sites for hydroxylation is 2. The summed E-state index contributed by atoms with van der Waals surface area (Å²) < 4.78 is 11.9. The van der Waals surface area contributed by atoms with Crippen molar-refractivity contribution in [1.29, 1.82) is 0 Å². The van der Waals surface area contributed by atoms with Crippen molar-refractivity contribution in [2.75, 3.05) is 23.4 Å². The number of urea groups is 1. The minimum Gasteiger partial charge on any atom is -0.490 e. The quantitative estimate of drug-likeness (QED) is 0.241. The normalized spacial score (nSPS) is 14.3. The lowest BCUT2D eigenvalue weighted by Gasteiger charge is -2.26. The SMILES string of the molecule is CCOc1cc(/C=C2\C(=O)NC(=O)N(c3cccc(Cl)c3)C2=O)cc(Br)c1OCC(=O)Nc1cc(C)ccc1C. The Kier molecular flexibility index (Phi) is 8.91. The van der Waals surface area contributed by atoms with Gasteiger partial charge in [0.25, 0.3) is 17.7 Å². The molecule has 0 atom stereocenters. The molecule has 0 radical (unpaired) electrons. The van der Waals surface area contributed by atoms with Crippen LogP contribution < -0.4 is 25.0 Å². The van der Waals surface area contributed by atoms with Crippen LogP contribution in [0.3, 0.4) is 0 Å². The fraction of sp³-hybridized carbons (Fsp3) is 0.172. The molecule has 11 heteroatoms. The third-order valence-electron chi connectivity index (χ3n) is 5.83. The lowest BCUT2D eigenvalue weighted by atomic mass is 10.1. The molecule has 2 N–H and O–H groups in total. The Morgan fingerprint density at radius 1 is 1.07 bits per heavy atom. The maximum atomic E-state index is 13.2. The van der Waals surface area contributed by atoms with Crippen LogP contribution in [-0.4, -0.2) is 37.0 Å². The molecule has 0 unspecified atom stereocenters. The van der Waals surface area contributed by atoms with Crippen LogP contribution in [0.1, 0.15) is 23.6 Å². The van der Waals surface area contributed by atoms with Crippen LogP contribution in [0.2, 0.25) is 5.02 Å². The number of nitrogens with one attached hydrogen (secondary N) is 2. The number of anilines is 2. The Balaban J connectivity index is 1.58. The smallest absolute Gasteiger partial charge is 0.335 e. The molecule has 40 heavy (non-hydrogen) atoms. The molecule has 3 aromatic rings. The average Bonchev–Trinajstić information content (AvgIpc) is 2.88. The highest BCUT2D eigenvalue weighted by molar-refractivity contribution is 9.10. The number of carbonyl (C=O) groups excluding carboxylic acids is 4. The lowest BCUT2D eigenvalue weighted by molar-refractivity contribution is -0.122. The summed E-state index contributed by atoms with van der Waals surface area (Å²) in [6.45, 7) is 5.61. The zero-order valence-electron chi connectivity index (χ0n) is 21.8. The van der Waals surface area contributed by atoms with Crippen LogP contribution in [0.15, 0.2) is 64.6 Å². The maximum Gasteiger partial charge on any atom is 0.335 e. The van der Waals surface area contributed by atoms with Gasteiger partial charge in [0.2, 0.25) is 0 Å². The average molecular weight is 627 g/mol. The zero-order chi connectivity index (χ0) is 29.0. The number of halogens is 2. The molecule has 1 saturated heterocycles. The van der Waals surface area contributed by atoms with E-state index < -0.39 is 17.8 Å². The molecular formula is C29H25BrClN3O6. The first-order valence-corrected chi connectivity index (χ1v) is 13.4. The van der Waals surface area contributed by atoms with Crippen molar-refractivity contribution in [1.82, 2.24) is 5.32 Å². The summed E-state index contributed by atoms with van der Waals surface area (Å²) in [5, 5.41) is 5.34. The number of hydrogen-bond donors (Lipinski definition) is 2. The summed E-state index contributed by atoms with van der Waals surface area (Å²) in [4.78, 5) is 51.7. The Hall–Kier alpha value is -4.15. The van der Waals surface area contributed by atoms with Gasteiger partial charge in [0, 0.05) is 10.7 Å². The van der Waals surface area contributed by atoms with Crippen molar-refractivity contribution >= 4 is 68.7 Å². The molecule has 3 aromatic carbocycles. The third-order valence-corrected chi connectivity index (χ3v) is 6.65. The number of carbonyl (C=O) groups is 4. The third kappa shape index (κ3) is 6.52. The van der Waals surface area contributed by atoms with Gasteiger partial charge >= 0.3 is 6.03 Å². The molecule has 1 aliphatic heterocycles. The van der Waals surface area contributed by atoms with Gasteiger partial charge in [0.15, 0.2) is 18.1 Å². The zero-order valence-corrected chi connectivity index (χ0v) is 24.2. The second-order valence-corrected chi connectivity index (χ2v) is 10.1. The Morgan fingerprint density at radius 2 is 1.85 bits per heavy atom. The number of ether oxygens (including phenoxy) is 2. The molecule has 0 bridgehead atoms. The minimum absolute atomic E-state index is 0.215. The number of imide groups is 2. The summed E-state index contributed by atoms with van der Waals surface area (Å²) in [7, 11) is 0. The topological polar surface area (TPSA) is 114 Å². The van der Waals surface area contributed by atoms with Crippen LogP contribution in [0.4, 0.5) is 16.2 Å². The van der Waals surface area contributed by atoms with E-state index in [4.69, 9.17) is 21.1 Å². The van der Waals surface area contributed by atoms with Gasteiger partial charge in [-0.3, -0.25) is 19.7 Å². The van der Waals surface area contributed by atoms with E-state index in [1.54, 1.807) is 31.2 Å². The van der Waals surface area contributed by atoms with Gasteiger partial charge in [-0.15, -0.1) is 0 Å². The molecule has 0 spiro atoms. The fourth-order valence-electron chi connectivity index (χ4n) is 3.94. The first kappa shape index (κ1) is 28.8. The van der Waals surface area contributed by atoms with Crippen molar-refractivity contribution in [2.45, 2.75) is 20.8 Å². The molecule has 5 amide bonds. The highest BCUT2D eigenvalue weighted by atomic mass is 79.9. The molecule has 1 aliphatic rings. The van der Waals surface area contributed by atoms with E-state index in [1.165, 1.54) is 18.2 Å². The van der Waals surface area contributed by atoms with Crippen molar-refractivity contribution in [3.8, 4) is 11.5 Å². The first-order valence-electron chi connectivity index (χ1n) is 12.2. The standard InChI is InChI=1S/C29H25BrClN3O6/c1-4-39-24-13-18(11-21-27(36)33-29(38)34(28(21)37)20-7-5-6-19(31)14-20)12-22(30)26(24)40-15-25(35)32-23-10-16(2)8-9-17(23)3/h5-14H,4,15H2,1-3H3,(H,32,35)(H,33,36,38)/b21-11+. The molecule has 206 valence electrons. The van der Waals surface area contributed by atoms with E-state index in [0.29, 0.717) is 20.7 Å². The van der Waals surface area contributed by atoms with Crippen molar-refractivity contribution < 1.29 is 28.7 Å². The van der Waals surface area contributed by atoms with Gasteiger partial charge < -0.3 is 14.8 Å². The molecular weight excluding hydrogens is 602 g/mol. The Bertz CT molecular complexity index is 1550. The second kappa shape index (κ2) is 12.4. The van der Waals surface area contributed by atoms with Crippen LogP contribution >= 0.6 is 27.5 Å². The highest BCUT2D eigenvalue weighted by Gasteiger charge is 2.37. The summed E-state index contributed by atoms with van der Waals surface area (Å²) in [6.07, 6.45) is 1.34. The Morgan fingerprint density at radius 3 is 2.58 bits per heavy atom. The maximum absolute atomic E-state index is 13.2. The van der Waals surface area contributed by atoms with Gasteiger partial charge in [0.05, 0.1) is 16.8 Å². The van der Waals surface area contributed by atoms with Gasteiger partial charge in [-0.05, 0) is 95.9 Å². The summed E-state index contributed by atoms with van der Waals surface area (Å²) in [5.41, 5.74) is 2.99. The number of rotatable bonds is 8. The van der Waals surface area contributed by atoms with Crippen LogP contribution in [0, 0.1) is 13.8 Å². The fourth-order valence-corrected chi connectivity index (χ4v) is 4.70. The molecule has 4 rings (SSSR count). The highest BCUT2D eigenvalue weighted by Crippen LogP contribution is 2.38. The van der Waals surface area contributed by atoms with Gasteiger partial charge in [-0.25, -0.2) is 9.69 Å². The first-order chi connectivity index (χ1) is 19.1. The van der Waals surface area contributed by atoms with Gasteiger partial charge in [-0.1, -0.05) is 29.8 Å². The molecule has 1 heterocycles. The number of barbiturate groups is 1. The monoisotopic (exact) mass is 625 g/mol. The van der Waals surface area contributed by atoms with Gasteiger partial charge in [-0.2, -0.15) is 0 Å². The van der Waals surface area contributed by atoms with E-state index in [2.05, 4.69) is 26.6 Å². The van der Waals surface area contributed by atoms with E-state index in [0.717, 1.165) is 16.0 Å². The van der Waals surface area contributed by atoms with Crippen LogP contribution in [0.5, 0.6) is 11.5 Å². The molecule has 1 fully saturated rings. The van der Waals surface area contributed by atoms with E-state index >= 15 is 0 Å². The number of hydrogen-bond acceptors (Lipinski definition) is 6. The minimum atomic E-state index is -0.881. The van der Waals surface area contributed by atoms with E-state index in [-0.39, 0.29) is 41.9 Å². The molecule has 0 aromatic heterocycles. The largest absolute Gasteiger partial charge is 0.490 e. The summed E-state index contributed by atoms with van der Waals surface area (Å²) in [5.74, 6) is -1.45. The number of amides is 5. The number of benzene rings is 3. The summed E-state index contributed by atoms with van der Waals surface area (Å²) in [6, 6.07) is 14.2. The van der Waals surface area contributed by atoms with Crippen LogP contribution in [-0.2, 0) is 14.4 Å². The number of nitrogens with zero attached hydrogens (tertiary/aromatic N) is 1. The lowest BCUT2D eigenvalue weighted by Crippen LogP contribution is -2.54. The predicted molar refractivity (Wildman–Crippen MR) is 156 cm³/mol. The van der Waals surface area contributed by atoms with Crippen molar-refractivity contribution in [2.24, 2.45) is 0 Å². The van der Waals surface area contributed by atoms with Crippen molar-refractivity contribution in [3.63, 3.8) is 0 Å². The summed E-state index contributed by atoms with van der Waals surface area (Å²) >= 11 is 9.46. The van der Waals surface area contributed by atoms with E-state index in [1.807, 2.05) is 32.0 Å². The molecule has 0 saturated carbocycles. The second-order valence-electron chi connectivity index (χ2n) is 8.86. The predicted octanol–water partition coefficient (Wildman–Crippen LogP) is 5.80. The Labute approximate surface area is 244 Å². The molecule has 0 aliphatic carbocycles. The van der Waals surface area contributed by atoms with Crippen LogP contribution in [0.25, 0.3) is 6.08 Å². The van der Waals surface area contributed by atoms with E-state index in [9.17, 15) is 19.2 Å². The molecule has 9 nitrogen and oxygen atoms in total. The van der Waals surface area contributed by atoms with Crippen molar-refractivity contribution in [3.05, 3.63) is 86.4 Å².